The average Bonchev–Trinajstić information content (AvgIpc) is 3.10. The van der Waals surface area contributed by atoms with E-state index in [4.69, 9.17) is 4.98 Å². The number of carbonyl (C=O) groups excluding carboxylic acids is 2. The maximum absolute atomic E-state index is 12.9. The first-order chi connectivity index (χ1) is 14.1. The molecule has 0 spiro atoms. The summed E-state index contributed by atoms with van der Waals surface area (Å²) >= 11 is 0. The Balaban J connectivity index is 1.50. The third-order valence-electron chi connectivity index (χ3n) is 5.52. The van der Waals surface area contributed by atoms with Crippen molar-refractivity contribution in [2.45, 2.75) is 39.3 Å². The van der Waals surface area contributed by atoms with Crippen molar-refractivity contribution in [3.63, 3.8) is 0 Å². The summed E-state index contributed by atoms with van der Waals surface area (Å²) in [4.78, 5) is 33.2. The number of carbonyl (C=O) groups is 2. The standard InChI is InChI=1S/C23H26N4O2/c1-3-26-20-9-5-4-8-19(20)24-21(26)16-25(2)23(29)17-11-13-18(14-12-17)27-15-7-6-10-22(27)28/h4-5,8-9,11-14H,3,6-7,10,15-16H2,1-2H3. The number of piperidine rings is 1. The van der Waals surface area contributed by atoms with E-state index in [1.807, 2.05) is 35.2 Å². The molecule has 150 valence electrons. The van der Waals surface area contributed by atoms with Gasteiger partial charge in [-0.05, 0) is 56.2 Å². The van der Waals surface area contributed by atoms with Crippen LogP contribution in [-0.4, -0.2) is 39.9 Å². The number of imidazole rings is 1. The van der Waals surface area contributed by atoms with E-state index in [1.54, 1.807) is 24.1 Å². The van der Waals surface area contributed by atoms with Gasteiger partial charge >= 0.3 is 0 Å². The minimum Gasteiger partial charge on any atom is -0.334 e. The minimum atomic E-state index is -0.0590. The van der Waals surface area contributed by atoms with Crippen molar-refractivity contribution in [2.24, 2.45) is 0 Å². The molecule has 1 fully saturated rings. The lowest BCUT2D eigenvalue weighted by atomic mass is 10.1. The second-order valence-electron chi connectivity index (χ2n) is 7.47. The molecule has 0 aliphatic carbocycles. The van der Waals surface area contributed by atoms with Crippen LogP contribution in [0.2, 0.25) is 0 Å². The normalized spacial score (nSPS) is 14.4. The van der Waals surface area contributed by atoms with E-state index in [1.165, 1.54) is 0 Å². The Morgan fingerprint density at radius 1 is 1.10 bits per heavy atom. The first-order valence-electron chi connectivity index (χ1n) is 10.2. The van der Waals surface area contributed by atoms with Crippen molar-refractivity contribution >= 4 is 28.5 Å². The van der Waals surface area contributed by atoms with Crippen LogP contribution in [0.25, 0.3) is 11.0 Å². The van der Waals surface area contributed by atoms with E-state index >= 15 is 0 Å². The summed E-state index contributed by atoms with van der Waals surface area (Å²) in [5, 5.41) is 0. The van der Waals surface area contributed by atoms with Crippen LogP contribution in [0.15, 0.2) is 48.5 Å². The number of nitrogens with zero attached hydrogens (tertiary/aromatic N) is 4. The zero-order chi connectivity index (χ0) is 20.4. The lowest BCUT2D eigenvalue weighted by molar-refractivity contribution is -0.119. The molecule has 2 amide bonds. The van der Waals surface area contributed by atoms with Gasteiger partial charge < -0.3 is 14.4 Å². The molecule has 0 radical (unpaired) electrons. The number of anilines is 1. The topological polar surface area (TPSA) is 58.4 Å². The van der Waals surface area contributed by atoms with Gasteiger partial charge in [0.05, 0.1) is 17.6 Å². The second kappa shape index (κ2) is 8.07. The van der Waals surface area contributed by atoms with Gasteiger partial charge in [0.25, 0.3) is 5.91 Å². The average molecular weight is 390 g/mol. The second-order valence-corrected chi connectivity index (χ2v) is 7.47. The largest absolute Gasteiger partial charge is 0.334 e. The predicted molar refractivity (Wildman–Crippen MR) is 114 cm³/mol. The number of rotatable bonds is 5. The SMILES string of the molecule is CCn1c(CN(C)C(=O)c2ccc(N3CCCCC3=O)cc2)nc2ccccc21. The molecule has 0 bridgehead atoms. The van der Waals surface area contributed by atoms with Crippen molar-refractivity contribution in [3.8, 4) is 0 Å². The molecule has 1 aliphatic heterocycles. The number of hydrogen-bond acceptors (Lipinski definition) is 3. The summed E-state index contributed by atoms with van der Waals surface area (Å²) in [6, 6.07) is 15.4. The molecule has 1 aliphatic rings. The Morgan fingerprint density at radius 2 is 1.86 bits per heavy atom. The number of amides is 2. The highest BCUT2D eigenvalue weighted by Crippen LogP contribution is 2.22. The minimum absolute atomic E-state index is 0.0590. The molecule has 29 heavy (non-hydrogen) atoms. The van der Waals surface area contributed by atoms with Crippen molar-refractivity contribution in [2.75, 3.05) is 18.5 Å². The zero-order valence-corrected chi connectivity index (χ0v) is 17.0. The van der Waals surface area contributed by atoms with Gasteiger partial charge in [-0.1, -0.05) is 12.1 Å². The fraction of sp³-hybridized carbons (Fsp3) is 0.348. The van der Waals surface area contributed by atoms with E-state index in [0.29, 0.717) is 18.5 Å². The van der Waals surface area contributed by atoms with Gasteiger partial charge in [0.1, 0.15) is 5.82 Å². The molecule has 1 aromatic heterocycles. The highest BCUT2D eigenvalue weighted by molar-refractivity contribution is 5.96. The number of benzene rings is 2. The first kappa shape index (κ1) is 19.2. The number of aromatic nitrogens is 2. The van der Waals surface area contributed by atoms with Gasteiger partial charge in [-0.25, -0.2) is 4.98 Å². The van der Waals surface area contributed by atoms with Crippen LogP contribution in [0.5, 0.6) is 0 Å². The molecule has 0 atom stereocenters. The van der Waals surface area contributed by atoms with Crippen molar-refractivity contribution in [3.05, 3.63) is 59.9 Å². The molecule has 0 N–H and O–H groups in total. The zero-order valence-electron chi connectivity index (χ0n) is 17.0. The Bertz CT molecular complexity index is 1040. The van der Waals surface area contributed by atoms with Gasteiger partial charge in [0, 0.05) is 37.8 Å². The number of aryl methyl sites for hydroxylation is 1. The molecular formula is C23H26N4O2. The smallest absolute Gasteiger partial charge is 0.254 e. The summed E-state index contributed by atoms with van der Waals surface area (Å²) in [5.74, 6) is 0.974. The van der Waals surface area contributed by atoms with Crippen LogP contribution in [0.3, 0.4) is 0 Å². The molecular weight excluding hydrogens is 364 g/mol. The Kier molecular flexibility index (Phi) is 5.34. The summed E-state index contributed by atoms with van der Waals surface area (Å²) in [6.45, 7) is 4.07. The Hall–Kier alpha value is -3.15. The quantitative estimate of drug-likeness (QED) is 0.665. The van der Waals surface area contributed by atoms with E-state index in [-0.39, 0.29) is 11.8 Å². The molecule has 3 aromatic rings. The van der Waals surface area contributed by atoms with E-state index in [9.17, 15) is 9.59 Å². The monoisotopic (exact) mass is 390 g/mol. The van der Waals surface area contributed by atoms with Gasteiger partial charge in [0.15, 0.2) is 0 Å². The van der Waals surface area contributed by atoms with Crippen molar-refractivity contribution < 1.29 is 9.59 Å². The van der Waals surface area contributed by atoms with Crippen LogP contribution in [0.1, 0.15) is 42.4 Å². The number of hydrogen-bond donors (Lipinski definition) is 0. The van der Waals surface area contributed by atoms with Gasteiger partial charge in [-0.2, -0.15) is 0 Å². The van der Waals surface area contributed by atoms with Crippen LogP contribution in [0.4, 0.5) is 5.69 Å². The maximum atomic E-state index is 12.9. The Labute approximate surface area is 170 Å². The molecule has 4 rings (SSSR count). The molecule has 6 nitrogen and oxygen atoms in total. The summed E-state index contributed by atoms with van der Waals surface area (Å²) < 4.78 is 2.14. The molecule has 2 aromatic carbocycles. The van der Waals surface area contributed by atoms with Crippen LogP contribution < -0.4 is 4.90 Å². The molecule has 1 saturated heterocycles. The predicted octanol–water partition coefficient (Wildman–Crippen LogP) is 3.85. The summed E-state index contributed by atoms with van der Waals surface area (Å²) in [7, 11) is 1.80. The highest BCUT2D eigenvalue weighted by atomic mass is 16.2. The fourth-order valence-electron chi connectivity index (χ4n) is 3.97. The van der Waals surface area contributed by atoms with E-state index < -0.39 is 0 Å². The van der Waals surface area contributed by atoms with Gasteiger partial charge in [0.2, 0.25) is 5.91 Å². The molecule has 6 heteroatoms. The van der Waals surface area contributed by atoms with E-state index in [2.05, 4.69) is 17.6 Å². The third kappa shape index (κ3) is 3.75. The number of fused-ring (bicyclic) bond motifs is 1. The van der Waals surface area contributed by atoms with Crippen molar-refractivity contribution in [1.29, 1.82) is 0 Å². The van der Waals surface area contributed by atoms with Gasteiger partial charge in [-0.15, -0.1) is 0 Å². The highest BCUT2D eigenvalue weighted by Gasteiger charge is 2.21. The molecule has 0 unspecified atom stereocenters. The first-order valence-corrected chi connectivity index (χ1v) is 10.2. The van der Waals surface area contributed by atoms with Crippen molar-refractivity contribution in [1.82, 2.24) is 14.5 Å². The lowest BCUT2D eigenvalue weighted by Gasteiger charge is -2.27. The summed E-state index contributed by atoms with van der Waals surface area (Å²) in [5.41, 5.74) is 3.50. The Morgan fingerprint density at radius 3 is 2.59 bits per heavy atom. The van der Waals surface area contributed by atoms with Crippen LogP contribution in [-0.2, 0) is 17.9 Å². The maximum Gasteiger partial charge on any atom is 0.254 e. The van der Waals surface area contributed by atoms with Gasteiger partial charge in [-0.3, -0.25) is 9.59 Å². The van der Waals surface area contributed by atoms with Crippen LogP contribution >= 0.6 is 0 Å². The fourth-order valence-corrected chi connectivity index (χ4v) is 3.97. The van der Waals surface area contributed by atoms with Crippen LogP contribution in [0, 0.1) is 0 Å². The molecule has 0 saturated carbocycles. The van der Waals surface area contributed by atoms with E-state index in [0.717, 1.165) is 48.5 Å². The summed E-state index contributed by atoms with van der Waals surface area (Å²) in [6.07, 6.45) is 2.58. The lowest BCUT2D eigenvalue weighted by Crippen LogP contribution is -2.35. The third-order valence-corrected chi connectivity index (χ3v) is 5.52. The molecule has 2 heterocycles. The number of para-hydroxylation sites is 2.